The summed E-state index contributed by atoms with van der Waals surface area (Å²) in [7, 11) is 0. The summed E-state index contributed by atoms with van der Waals surface area (Å²) in [6.45, 7) is 0. The number of nitrogens with zero attached hydrogens (tertiary/aromatic N) is 1. The van der Waals surface area contributed by atoms with Crippen LogP contribution in [0.3, 0.4) is 0 Å². The SMILES string of the molecule is O/N=C1\c2ccccc2CCC1Cc1ccccc1F. The molecule has 0 aliphatic heterocycles. The minimum atomic E-state index is -0.191. The van der Waals surface area contributed by atoms with Crippen LogP contribution in [0.25, 0.3) is 0 Å². The largest absolute Gasteiger partial charge is 0.411 e. The lowest BCUT2D eigenvalue weighted by Crippen LogP contribution is -2.25. The summed E-state index contributed by atoms with van der Waals surface area (Å²) in [4.78, 5) is 0. The Morgan fingerprint density at radius 2 is 1.85 bits per heavy atom. The highest BCUT2D eigenvalue weighted by Crippen LogP contribution is 2.29. The lowest BCUT2D eigenvalue weighted by Gasteiger charge is -2.25. The van der Waals surface area contributed by atoms with Crippen LogP contribution in [0.4, 0.5) is 4.39 Å². The summed E-state index contributed by atoms with van der Waals surface area (Å²) in [5.74, 6) is -0.129. The topological polar surface area (TPSA) is 32.6 Å². The Kier molecular flexibility index (Phi) is 3.50. The van der Waals surface area contributed by atoms with Gasteiger partial charge < -0.3 is 5.21 Å². The molecule has 20 heavy (non-hydrogen) atoms. The van der Waals surface area contributed by atoms with Crippen LogP contribution in [0.2, 0.25) is 0 Å². The lowest BCUT2D eigenvalue weighted by atomic mass is 9.79. The average Bonchev–Trinajstić information content (AvgIpc) is 2.49. The number of rotatable bonds is 2. The molecule has 0 saturated carbocycles. The van der Waals surface area contributed by atoms with E-state index in [0.29, 0.717) is 17.7 Å². The molecule has 2 aromatic rings. The molecule has 102 valence electrons. The maximum absolute atomic E-state index is 13.8. The van der Waals surface area contributed by atoms with Crippen molar-refractivity contribution in [2.24, 2.45) is 11.1 Å². The number of hydrogen-bond acceptors (Lipinski definition) is 2. The van der Waals surface area contributed by atoms with Gasteiger partial charge in [0, 0.05) is 11.5 Å². The Bertz CT molecular complexity index is 651. The van der Waals surface area contributed by atoms with Crippen molar-refractivity contribution in [1.82, 2.24) is 0 Å². The third kappa shape index (κ3) is 2.31. The summed E-state index contributed by atoms with van der Waals surface area (Å²) in [5.41, 5.74) is 3.54. The molecule has 1 aliphatic carbocycles. The van der Waals surface area contributed by atoms with E-state index >= 15 is 0 Å². The van der Waals surface area contributed by atoms with Crippen LogP contribution in [-0.2, 0) is 12.8 Å². The van der Waals surface area contributed by atoms with Crippen LogP contribution < -0.4 is 0 Å². The Balaban J connectivity index is 1.91. The minimum absolute atomic E-state index is 0.0619. The predicted molar refractivity (Wildman–Crippen MR) is 76.7 cm³/mol. The van der Waals surface area contributed by atoms with Gasteiger partial charge in [0.15, 0.2) is 0 Å². The van der Waals surface area contributed by atoms with Gasteiger partial charge in [-0.25, -0.2) is 4.39 Å². The fourth-order valence-electron chi connectivity index (χ4n) is 2.94. The molecule has 1 N–H and O–H groups in total. The van der Waals surface area contributed by atoms with Gasteiger partial charge in [-0.15, -0.1) is 0 Å². The summed E-state index contributed by atoms with van der Waals surface area (Å²) in [5, 5.41) is 12.8. The number of oxime groups is 1. The first kappa shape index (κ1) is 12.9. The molecule has 2 aromatic carbocycles. The van der Waals surface area contributed by atoms with Crippen LogP contribution in [0.5, 0.6) is 0 Å². The fourth-order valence-corrected chi connectivity index (χ4v) is 2.94. The molecule has 1 aliphatic rings. The van der Waals surface area contributed by atoms with Crippen molar-refractivity contribution < 1.29 is 9.60 Å². The van der Waals surface area contributed by atoms with Gasteiger partial charge in [-0.2, -0.15) is 0 Å². The van der Waals surface area contributed by atoms with Crippen molar-refractivity contribution in [1.29, 1.82) is 0 Å². The number of hydrogen-bond donors (Lipinski definition) is 1. The Morgan fingerprint density at radius 1 is 1.10 bits per heavy atom. The van der Waals surface area contributed by atoms with Crippen LogP contribution in [0.15, 0.2) is 53.7 Å². The molecular weight excluding hydrogens is 253 g/mol. The first-order valence-corrected chi connectivity index (χ1v) is 6.83. The molecule has 0 amide bonds. The standard InChI is InChI=1S/C17H16FNO/c18-16-8-4-2-6-13(16)11-14-10-9-12-5-1-3-7-15(12)17(14)19-20/h1-8,14,20H,9-11H2/b19-17-. The van der Waals surface area contributed by atoms with E-state index in [-0.39, 0.29) is 11.7 Å². The highest BCUT2D eigenvalue weighted by molar-refractivity contribution is 6.04. The van der Waals surface area contributed by atoms with Crippen molar-refractivity contribution in [2.45, 2.75) is 19.3 Å². The van der Waals surface area contributed by atoms with Crippen LogP contribution in [-0.4, -0.2) is 10.9 Å². The van der Waals surface area contributed by atoms with Gasteiger partial charge in [0.2, 0.25) is 0 Å². The van der Waals surface area contributed by atoms with Crippen LogP contribution >= 0.6 is 0 Å². The van der Waals surface area contributed by atoms with Gasteiger partial charge >= 0.3 is 0 Å². The van der Waals surface area contributed by atoms with E-state index in [4.69, 9.17) is 0 Å². The second-order valence-electron chi connectivity index (χ2n) is 5.17. The maximum Gasteiger partial charge on any atom is 0.126 e. The van der Waals surface area contributed by atoms with E-state index < -0.39 is 0 Å². The Hall–Kier alpha value is -2.16. The predicted octanol–water partition coefficient (Wildman–Crippen LogP) is 3.81. The van der Waals surface area contributed by atoms with Crippen LogP contribution in [0, 0.1) is 11.7 Å². The highest BCUT2D eigenvalue weighted by atomic mass is 19.1. The molecule has 3 rings (SSSR count). The normalized spacial score (nSPS) is 19.9. The van der Waals surface area contributed by atoms with Gasteiger partial charge in [0.25, 0.3) is 0 Å². The van der Waals surface area contributed by atoms with Crippen molar-refractivity contribution in [3.8, 4) is 0 Å². The molecule has 3 heteroatoms. The van der Waals surface area contributed by atoms with E-state index in [9.17, 15) is 9.60 Å². The number of aryl methyl sites for hydroxylation is 1. The second-order valence-corrected chi connectivity index (χ2v) is 5.17. The quantitative estimate of drug-likeness (QED) is 0.652. The first-order chi connectivity index (χ1) is 9.79. The van der Waals surface area contributed by atoms with Gasteiger partial charge in [-0.3, -0.25) is 0 Å². The average molecular weight is 269 g/mol. The zero-order valence-corrected chi connectivity index (χ0v) is 11.1. The van der Waals surface area contributed by atoms with Crippen LogP contribution in [0.1, 0.15) is 23.1 Å². The van der Waals surface area contributed by atoms with E-state index in [1.807, 2.05) is 24.3 Å². The van der Waals surface area contributed by atoms with E-state index in [1.54, 1.807) is 12.1 Å². The maximum atomic E-state index is 13.8. The second kappa shape index (κ2) is 5.45. The fraction of sp³-hybridized carbons (Fsp3) is 0.235. The molecular formula is C17H16FNO. The lowest BCUT2D eigenvalue weighted by molar-refractivity contribution is 0.313. The molecule has 2 nitrogen and oxygen atoms in total. The number of fused-ring (bicyclic) bond motifs is 1. The van der Waals surface area contributed by atoms with E-state index in [2.05, 4.69) is 11.2 Å². The summed E-state index contributed by atoms with van der Waals surface area (Å²) < 4.78 is 13.8. The van der Waals surface area contributed by atoms with E-state index in [1.165, 1.54) is 11.6 Å². The Labute approximate surface area is 117 Å². The molecule has 0 heterocycles. The molecule has 0 saturated heterocycles. The van der Waals surface area contributed by atoms with Gasteiger partial charge in [-0.05, 0) is 36.5 Å². The molecule has 0 aromatic heterocycles. The zero-order chi connectivity index (χ0) is 13.9. The molecule has 0 spiro atoms. The van der Waals surface area contributed by atoms with E-state index in [0.717, 1.165) is 18.4 Å². The highest BCUT2D eigenvalue weighted by Gasteiger charge is 2.26. The van der Waals surface area contributed by atoms with Crippen molar-refractivity contribution in [3.63, 3.8) is 0 Å². The smallest absolute Gasteiger partial charge is 0.126 e. The monoisotopic (exact) mass is 269 g/mol. The van der Waals surface area contributed by atoms with Crippen molar-refractivity contribution in [2.75, 3.05) is 0 Å². The third-order valence-electron chi connectivity index (χ3n) is 3.97. The number of halogens is 1. The summed E-state index contributed by atoms with van der Waals surface area (Å²) >= 11 is 0. The van der Waals surface area contributed by atoms with Crippen molar-refractivity contribution in [3.05, 3.63) is 71.0 Å². The zero-order valence-electron chi connectivity index (χ0n) is 11.1. The number of benzene rings is 2. The molecule has 0 fully saturated rings. The van der Waals surface area contributed by atoms with Gasteiger partial charge in [0.05, 0.1) is 5.71 Å². The minimum Gasteiger partial charge on any atom is -0.411 e. The third-order valence-corrected chi connectivity index (χ3v) is 3.97. The summed E-state index contributed by atoms with van der Waals surface area (Å²) in [6.07, 6.45) is 2.39. The molecule has 1 unspecified atom stereocenters. The molecule has 0 radical (unpaired) electrons. The summed E-state index contributed by atoms with van der Waals surface area (Å²) in [6, 6.07) is 14.8. The molecule has 1 atom stereocenters. The van der Waals surface area contributed by atoms with Gasteiger partial charge in [-0.1, -0.05) is 47.6 Å². The van der Waals surface area contributed by atoms with Crippen molar-refractivity contribution >= 4 is 5.71 Å². The Morgan fingerprint density at radius 3 is 2.65 bits per heavy atom. The van der Waals surface area contributed by atoms with Gasteiger partial charge in [0.1, 0.15) is 5.82 Å². The first-order valence-electron chi connectivity index (χ1n) is 6.83. The molecule has 0 bridgehead atoms.